The van der Waals surface area contributed by atoms with E-state index in [4.69, 9.17) is 14.6 Å². The second-order valence-corrected chi connectivity index (χ2v) is 5.83. The summed E-state index contributed by atoms with van der Waals surface area (Å²) in [6.07, 6.45) is 3.57. The number of benzene rings is 1. The maximum atomic E-state index is 12.1. The van der Waals surface area contributed by atoms with Crippen molar-refractivity contribution in [3.8, 4) is 11.8 Å². The third-order valence-corrected chi connectivity index (χ3v) is 3.77. The van der Waals surface area contributed by atoms with Crippen LogP contribution in [0.5, 0.6) is 0 Å². The molecule has 1 aliphatic heterocycles. The van der Waals surface area contributed by atoms with E-state index in [1.807, 2.05) is 30.3 Å². The predicted octanol–water partition coefficient (Wildman–Crippen LogP) is 1.67. The molecule has 0 saturated carbocycles. The van der Waals surface area contributed by atoms with E-state index >= 15 is 0 Å². The van der Waals surface area contributed by atoms with Crippen molar-refractivity contribution in [2.45, 2.75) is 18.9 Å². The number of allylic oxidation sites excluding steroid dienone is 1. The van der Waals surface area contributed by atoms with Crippen molar-refractivity contribution in [1.29, 1.82) is 0 Å². The van der Waals surface area contributed by atoms with E-state index in [2.05, 4.69) is 11.8 Å². The van der Waals surface area contributed by atoms with Crippen LogP contribution in [0.2, 0.25) is 0 Å². The van der Waals surface area contributed by atoms with Crippen LogP contribution in [-0.4, -0.2) is 60.3 Å². The first kappa shape index (κ1) is 20.2. The summed E-state index contributed by atoms with van der Waals surface area (Å²) in [7, 11) is 0. The van der Waals surface area contributed by atoms with Gasteiger partial charge in [0.25, 0.3) is 0 Å². The molecule has 2 rings (SSSR count). The van der Waals surface area contributed by atoms with Gasteiger partial charge in [-0.15, -0.1) is 0 Å². The van der Waals surface area contributed by atoms with Crippen molar-refractivity contribution in [3.63, 3.8) is 0 Å². The molecule has 0 spiro atoms. The van der Waals surface area contributed by atoms with E-state index in [1.54, 1.807) is 6.08 Å². The van der Waals surface area contributed by atoms with Crippen LogP contribution >= 0.6 is 0 Å². The molecule has 0 aromatic heterocycles. The SMILES string of the molecule is O=C(O)COCC#CCN1C(=O)OCC[C@@H]1/C=C/C(=O)Cc1ccccc1. The number of cyclic esters (lactones) is 1. The molecule has 1 heterocycles. The molecule has 1 aromatic carbocycles. The van der Waals surface area contributed by atoms with E-state index < -0.39 is 18.7 Å². The number of rotatable bonds is 8. The standard InChI is InChI=1S/C20H21NO6/c22-18(14-16-6-2-1-3-7-16)9-8-17-10-13-27-20(25)21(17)11-4-5-12-26-15-19(23)24/h1-3,6-9,17H,10-15H2,(H,23,24)/b9-8+/t17-/m0/s1. The Kier molecular flexibility index (Phi) is 8.07. The van der Waals surface area contributed by atoms with E-state index in [9.17, 15) is 14.4 Å². The van der Waals surface area contributed by atoms with Gasteiger partial charge in [0.15, 0.2) is 5.78 Å². The molecule has 1 atom stereocenters. The Labute approximate surface area is 157 Å². The molecule has 1 N–H and O–H groups in total. The summed E-state index contributed by atoms with van der Waals surface area (Å²) >= 11 is 0. The topological polar surface area (TPSA) is 93.1 Å². The number of amides is 1. The molecule has 1 fully saturated rings. The minimum atomic E-state index is -1.07. The molecule has 142 valence electrons. The molecule has 0 bridgehead atoms. The Morgan fingerprint density at radius 3 is 2.81 bits per heavy atom. The molecule has 1 amide bonds. The normalized spacial score (nSPS) is 16.5. The second kappa shape index (κ2) is 10.8. The number of carbonyl (C=O) groups is 3. The fourth-order valence-electron chi connectivity index (χ4n) is 2.48. The van der Waals surface area contributed by atoms with Crippen molar-refractivity contribution in [1.82, 2.24) is 4.90 Å². The fourth-order valence-corrected chi connectivity index (χ4v) is 2.48. The van der Waals surface area contributed by atoms with E-state index in [0.717, 1.165) is 5.56 Å². The lowest BCUT2D eigenvalue weighted by Crippen LogP contribution is -2.44. The van der Waals surface area contributed by atoms with Gasteiger partial charge in [-0.3, -0.25) is 9.69 Å². The van der Waals surface area contributed by atoms with Gasteiger partial charge in [0.2, 0.25) is 0 Å². The molecular weight excluding hydrogens is 350 g/mol. The highest BCUT2D eigenvalue weighted by atomic mass is 16.6. The van der Waals surface area contributed by atoms with Crippen LogP contribution in [0.25, 0.3) is 0 Å². The zero-order valence-corrected chi connectivity index (χ0v) is 14.8. The van der Waals surface area contributed by atoms with Gasteiger partial charge in [-0.1, -0.05) is 48.2 Å². The molecule has 7 nitrogen and oxygen atoms in total. The summed E-state index contributed by atoms with van der Waals surface area (Å²) in [5.41, 5.74) is 0.930. The highest BCUT2D eigenvalue weighted by Crippen LogP contribution is 2.14. The quantitative estimate of drug-likeness (QED) is 0.424. The first-order valence-corrected chi connectivity index (χ1v) is 8.50. The van der Waals surface area contributed by atoms with Gasteiger partial charge in [-0.2, -0.15) is 0 Å². The predicted molar refractivity (Wildman–Crippen MR) is 97.0 cm³/mol. The Balaban J connectivity index is 1.88. The smallest absolute Gasteiger partial charge is 0.411 e. The van der Waals surface area contributed by atoms with Crippen LogP contribution in [-0.2, 0) is 25.5 Å². The van der Waals surface area contributed by atoms with Gasteiger partial charge in [-0.05, 0) is 11.6 Å². The van der Waals surface area contributed by atoms with Gasteiger partial charge in [0.05, 0.1) is 19.2 Å². The largest absolute Gasteiger partial charge is 0.480 e. The number of nitrogens with zero attached hydrogens (tertiary/aromatic N) is 1. The fraction of sp³-hybridized carbons (Fsp3) is 0.350. The van der Waals surface area contributed by atoms with Gasteiger partial charge in [0, 0.05) is 12.8 Å². The van der Waals surface area contributed by atoms with Gasteiger partial charge in [0.1, 0.15) is 13.2 Å². The number of carboxylic acids is 1. The van der Waals surface area contributed by atoms with Crippen LogP contribution in [0, 0.1) is 11.8 Å². The van der Waals surface area contributed by atoms with Crippen molar-refractivity contribution in [2.24, 2.45) is 0 Å². The summed E-state index contributed by atoms with van der Waals surface area (Å²) in [5, 5.41) is 8.46. The molecule has 0 radical (unpaired) electrons. The zero-order chi connectivity index (χ0) is 19.5. The second-order valence-electron chi connectivity index (χ2n) is 5.83. The van der Waals surface area contributed by atoms with Gasteiger partial charge >= 0.3 is 12.1 Å². The van der Waals surface area contributed by atoms with E-state index in [-0.39, 0.29) is 31.6 Å². The lowest BCUT2D eigenvalue weighted by molar-refractivity contribution is -0.141. The van der Waals surface area contributed by atoms with Crippen LogP contribution in [0.3, 0.4) is 0 Å². The summed E-state index contributed by atoms with van der Waals surface area (Å²) in [4.78, 5) is 35.8. The average Bonchev–Trinajstić information content (AvgIpc) is 2.65. The average molecular weight is 371 g/mol. The summed E-state index contributed by atoms with van der Waals surface area (Å²) in [6, 6.07) is 9.15. The Morgan fingerprint density at radius 1 is 1.30 bits per heavy atom. The maximum Gasteiger partial charge on any atom is 0.411 e. The molecule has 1 aromatic rings. The Morgan fingerprint density at radius 2 is 2.07 bits per heavy atom. The molecular formula is C20H21NO6. The molecule has 1 aliphatic rings. The van der Waals surface area contributed by atoms with Crippen molar-refractivity contribution in [2.75, 3.05) is 26.4 Å². The molecule has 7 heteroatoms. The Hall–Kier alpha value is -3.11. The molecule has 27 heavy (non-hydrogen) atoms. The molecule has 0 unspecified atom stereocenters. The van der Waals surface area contributed by atoms with Gasteiger partial charge in [-0.25, -0.2) is 9.59 Å². The van der Waals surface area contributed by atoms with Crippen LogP contribution < -0.4 is 0 Å². The van der Waals surface area contributed by atoms with Crippen LogP contribution in [0.1, 0.15) is 12.0 Å². The summed E-state index contributed by atoms with van der Waals surface area (Å²) in [5.74, 6) is 4.29. The third-order valence-electron chi connectivity index (χ3n) is 3.77. The first-order chi connectivity index (χ1) is 13.1. The number of carbonyl (C=O) groups excluding carboxylic acids is 2. The van der Waals surface area contributed by atoms with E-state index in [0.29, 0.717) is 12.8 Å². The number of ether oxygens (including phenoxy) is 2. The van der Waals surface area contributed by atoms with E-state index in [1.165, 1.54) is 11.0 Å². The lowest BCUT2D eigenvalue weighted by Gasteiger charge is -2.31. The van der Waals surface area contributed by atoms with Crippen molar-refractivity contribution >= 4 is 17.8 Å². The number of hydrogen-bond donors (Lipinski definition) is 1. The highest BCUT2D eigenvalue weighted by molar-refractivity contribution is 5.91. The third kappa shape index (κ3) is 7.34. The molecule has 1 saturated heterocycles. The summed E-state index contributed by atoms with van der Waals surface area (Å²) < 4.78 is 9.83. The number of aliphatic carboxylic acids is 1. The maximum absolute atomic E-state index is 12.1. The number of hydrogen-bond acceptors (Lipinski definition) is 5. The number of carboxylic acid groups (broad SMARTS) is 1. The minimum Gasteiger partial charge on any atom is -0.480 e. The van der Waals surface area contributed by atoms with Crippen molar-refractivity contribution < 1.29 is 29.0 Å². The Bertz CT molecular complexity index is 747. The lowest BCUT2D eigenvalue weighted by atomic mass is 10.1. The monoisotopic (exact) mass is 371 g/mol. The minimum absolute atomic E-state index is 0.0365. The van der Waals surface area contributed by atoms with Crippen LogP contribution in [0.15, 0.2) is 42.5 Å². The first-order valence-electron chi connectivity index (χ1n) is 8.50. The highest BCUT2D eigenvalue weighted by Gasteiger charge is 2.27. The summed E-state index contributed by atoms with van der Waals surface area (Å²) in [6.45, 7) is -0.0654. The number of ketones is 1. The van der Waals surface area contributed by atoms with Crippen LogP contribution in [0.4, 0.5) is 4.79 Å². The molecule has 0 aliphatic carbocycles. The van der Waals surface area contributed by atoms with Crippen molar-refractivity contribution in [3.05, 3.63) is 48.0 Å². The van der Waals surface area contributed by atoms with Gasteiger partial charge < -0.3 is 14.6 Å². The zero-order valence-electron chi connectivity index (χ0n) is 14.8.